The second kappa shape index (κ2) is 9.43. The van der Waals surface area contributed by atoms with Gasteiger partial charge in [-0.25, -0.2) is 0 Å². The average molecular weight is 407 g/mol. The number of aliphatic hydroxyl groups excluding tert-OH is 1. The molecule has 30 heavy (non-hydrogen) atoms. The molecule has 6 heteroatoms. The Labute approximate surface area is 175 Å². The molecule has 1 atom stereocenters. The van der Waals surface area contributed by atoms with Crippen LogP contribution in [-0.4, -0.2) is 43.1 Å². The standard InChI is InChI=1S/C24H25NO5/c1-29-19-13-14-20(22(15-19)30-2)24(17-9-5-3-6-10-17,18-11-7-4-8-12-18)25-21(16-26)23(27)28/h3-15,21,25-26H,16H2,1-2H3,(H,27,28)/t21-/m0/s1. The predicted molar refractivity (Wildman–Crippen MR) is 114 cm³/mol. The molecule has 0 amide bonds. The molecule has 3 N–H and O–H groups in total. The number of aliphatic carboxylic acids is 1. The van der Waals surface area contributed by atoms with Gasteiger partial charge in [-0.3, -0.25) is 10.1 Å². The molecule has 6 nitrogen and oxygen atoms in total. The van der Waals surface area contributed by atoms with E-state index in [1.54, 1.807) is 26.4 Å². The van der Waals surface area contributed by atoms with E-state index in [1.165, 1.54) is 0 Å². The van der Waals surface area contributed by atoms with Crippen LogP contribution in [0.1, 0.15) is 16.7 Å². The molecule has 0 aliphatic heterocycles. The molecule has 3 rings (SSSR count). The Hall–Kier alpha value is -3.35. The van der Waals surface area contributed by atoms with Gasteiger partial charge in [-0.1, -0.05) is 60.7 Å². The van der Waals surface area contributed by atoms with Crippen LogP contribution in [0.2, 0.25) is 0 Å². The largest absolute Gasteiger partial charge is 0.497 e. The maximum Gasteiger partial charge on any atom is 0.323 e. The third-order valence-electron chi connectivity index (χ3n) is 5.10. The zero-order valence-corrected chi connectivity index (χ0v) is 16.9. The lowest BCUT2D eigenvalue weighted by Crippen LogP contribution is -2.54. The number of rotatable bonds is 9. The van der Waals surface area contributed by atoms with Crippen LogP contribution in [-0.2, 0) is 10.3 Å². The average Bonchev–Trinajstić information content (AvgIpc) is 2.80. The van der Waals surface area contributed by atoms with E-state index in [1.807, 2.05) is 66.7 Å². The third kappa shape index (κ3) is 4.01. The van der Waals surface area contributed by atoms with E-state index in [-0.39, 0.29) is 0 Å². The molecule has 3 aromatic rings. The van der Waals surface area contributed by atoms with Crippen LogP contribution >= 0.6 is 0 Å². The topological polar surface area (TPSA) is 88.0 Å². The zero-order chi connectivity index (χ0) is 21.6. The summed E-state index contributed by atoms with van der Waals surface area (Å²) in [6.07, 6.45) is 0. The van der Waals surface area contributed by atoms with Gasteiger partial charge in [-0.2, -0.15) is 0 Å². The molecular weight excluding hydrogens is 382 g/mol. The van der Waals surface area contributed by atoms with Crippen LogP contribution in [0.25, 0.3) is 0 Å². The van der Waals surface area contributed by atoms with E-state index in [0.717, 1.165) is 11.1 Å². The smallest absolute Gasteiger partial charge is 0.323 e. The lowest BCUT2D eigenvalue weighted by molar-refractivity contribution is -0.141. The van der Waals surface area contributed by atoms with Crippen LogP contribution in [0.15, 0.2) is 78.9 Å². The summed E-state index contributed by atoms with van der Waals surface area (Å²) in [4.78, 5) is 11.9. The van der Waals surface area contributed by atoms with Gasteiger partial charge in [0.1, 0.15) is 17.5 Å². The summed E-state index contributed by atoms with van der Waals surface area (Å²) < 4.78 is 11.0. The Morgan fingerprint density at radius 3 is 1.93 bits per heavy atom. The molecule has 0 aromatic heterocycles. The highest BCUT2D eigenvalue weighted by Gasteiger charge is 2.41. The lowest BCUT2D eigenvalue weighted by Gasteiger charge is -2.39. The number of methoxy groups -OCH3 is 2. The van der Waals surface area contributed by atoms with Crippen molar-refractivity contribution in [2.75, 3.05) is 20.8 Å². The van der Waals surface area contributed by atoms with Gasteiger partial charge in [-0.15, -0.1) is 0 Å². The lowest BCUT2D eigenvalue weighted by atomic mass is 9.76. The van der Waals surface area contributed by atoms with Gasteiger partial charge in [0.25, 0.3) is 0 Å². The summed E-state index contributed by atoms with van der Waals surface area (Å²) in [5.74, 6) is -0.0135. The van der Waals surface area contributed by atoms with E-state index in [9.17, 15) is 15.0 Å². The fourth-order valence-corrected chi connectivity index (χ4v) is 3.65. The number of benzene rings is 3. The van der Waals surface area contributed by atoms with Gasteiger partial charge in [0.2, 0.25) is 0 Å². The second-order valence-electron chi connectivity index (χ2n) is 6.77. The first kappa shape index (κ1) is 21.4. The fraction of sp³-hybridized carbons (Fsp3) is 0.208. The second-order valence-corrected chi connectivity index (χ2v) is 6.77. The summed E-state index contributed by atoms with van der Waals surface area (Å²) in [6.45, 7) is -0.574. The van der Waals surface area contributed by atoms with Crippen molar-refractivity contribution in [2.45, 2.75) is 11.6 Å². The highest BCUT2D eigenvalue weighted by Crippen LogP contribution is 2.42. The summed E-state index contributed by atoms with van der Waals surface area (Å²) in [7, 11) is 3.13. The fourth-order valence-electron chi connectivity index (χ4n) is 3.65. The third-order valence-corrected chi connectivity index (χ3v) is 5.10. The highest BCUT2D eigenvalue weighted by atomic mass is 16.5. The molecule has 3 aromatic carbocycles. The molecule has 156 valence electrons. The van der Waals surface area contributed by atoms with Crippen LogP contribution in [0.5, 0.6) is 11.5 Å². The number of carboxylic acids is 1. The first-order valence-corrected chi connectivity index (χ1v) is 9.51. The molecule has 0 unspecified atom stereocenters. The molecule has 0 spiro atoms. The predicted octanol–water partition coefficient (Wildman–Crippen LogP) is 3.03. The van der Waals surface area contributed by atoms with Crippen molar-refractivity contribution in [2.24, 2.45) is 0 Å². The molecular formula is C24H25NO5. The molecule has 0 fully saturated rings. The first-order valence-electron chi connectivity index (χ1n) is 9.51. The van der Waals surface area contributed by atoms with Gasteiger partial charge in [0.05, 0.1) is 26.4 Å². The number of hydrogen-bond acceptors (Lipinski definition) is 5. The SMILES string of the molecule is COc1ccc(C(N[C@@H](CO)C(=O)O)(c2ccccc2)c2ccccc2)c(OC)c1. The Morgan fingerprint density at radius 2 is 1.50 bits per heavy atom. The van der Waals surface area contributed by atoms with Crippen molar-refractivity contribution in [3.63, 3.8) is 0 Å². The van der Waals surface area contributed by atoms with E-state index in [4.69, 9.17) is 9.47 Å². The van der Waals surface area contributed by atoms with E-state index >= 15 is 0 Å². The van der Waals surface area contributed by atoms with Crippen molar-refractivity contribution < 1.29 is 24.5 Å². The Kier molecular flexibility index (Phi) is 6.72. The Morgan fingerprint density at radius 1 is 0.933 bits per heavy atom. The van der Waals surface area contributed by atoms with Crippen LogP contribution in [0, 0.1) is 0 Å². The molecule has 0 saturated heterocycles. The molecule has 0 heterocycles. The van der Waals surface area contributed by atoms with E-state index in [0.29, 0.717) is 17.1 Å². The van der Waals surface area contributed by atoms with Gasteiger partial charge in [0, 0.05) is 11.6 Å². The summed E-state index contributed by atoms with van der Waals surface area (Å²) in [5.41, 5.74) is 1.20. The summed E-state index contributed by atoms with van der Waals surface area (Å²) in [5, 5.41) is 22.7. The number of nitrogens with one attached hydrogen (secondary N) is 1. The van der Waals surface area contributed by atoms with Gasteiger partial charge >= 0.3 is 5.97 Å². The van der Waals surface area contributed by atoms with Crippen LogP contribution in [0.4, 0.5) is 0 Å². The number of aliphatic hydroxyl groups is 1. The molecule has 0 aliphatic rings. The molecule has 0 saturated carbocycles. The van der Waals surface area contributed by atoms with Crippen molar-refractivity contribution in [3.05, 3.63) is 95.6 Å². The minimum absolute atomic E-state index is 0.525. The maximum atomic E-state index is 11.9. The number of ether oxygens (including phenoxy) is 2. The minimum atomic E-state index is -1.21. The molecule has 0 aliphatic carbocycles. The number of carbonyl (C=O) groups is 1. The van der Waals surface area contributed by atoms with Gasteiger partial charge in [-0.05, 0) is 23.3 Å². The first-order chi connectivity index (χ1) is 14.6. The van der Waals surface area contributed by atoms with Crippen molar-refractivity contribution >= 4 is 5.97 Å². The van der Waals surface area contributed by atoms with Gasteiger partial charge in [0.15, 0.2) is 0 Å². The quantitative estimate of drug-likeness (QED) is 0.473. The Balaban J connectivity index is 2.38. The normalized spacial score (nSPS) is 12.2. The minimum Gasteiger partial charge on any atom is -0.497 e. The van der Waals surface area contributed by atoms with Gasteiger partial charge < -0.3 is 19.7 Å². The van der Waals surface area contributed by atoms with Crippen molar-refractivity contribution in [1.82, 2.24) is 5.32 Å². The Bertz CT molecular complexity index is 936. The van der Waals surface area contributed by atoms with Crippen LogP contribution < -0.4 is 14.8 Å². The molecule has 0 radical (unpaired) electrons. The van der Waals surface area contributed by atoms with Crippen molar-refractivity contribution in [3.8, 4) is 11.5 Å². The monoisotopic (exact) mass is 407 g/mol. The highest BCUT2D eigenvalue weighted by molar-refractivity contribution is 5.74. The maximum absolute atomic E-state index is 11.9. The van der Waals surface area contributed by atoms with E-state index in [2.05, 4.69) is 5.32 Å². The number of hydrogen-bond donors (Lipinski definition) is 3. The van der Waals surface area contributed by atoms with E-state index < -0.39 is 24.2 Å². The van der Waals surface area contributed by atoms with Crippen LogP contribution in [0.3, 0.4) is 0 Å². The zero-order valence-electron chi connectivity index (χ0n) is 16.9. The summed E-state index contributed by atoms with van der Waals surface area (Å²) >= 11 is 0. The molecule has 0 bridgehead atoms. The van der Waals surface area contributed by atoms with Crippen molar-refractivity contribution in [1.29, 1.82) is 0 Å². The number of carboxylic acid groups (broad SMARTS) is 1. The summed E-state index contributed by atoms with van der Waals surface area (Å²) in [6, 6.07) is 23.2.